The second-order valence-corrected chi connectivity index (χ2v) is 4.08. The van der Waals surface area contributed by atoms with Crippen LogP contribution in [0, 0.1) is 5.92 Å². The summed E-state index contributed by atoms with van der Waals surface area (Å²) in [4.78, 5) is 8.48. The molecule has 0 amide bonds. The van der Waals surface area contributed by atoms with E-state index in [4.69, 9.17) is 5.73 Å². The van der Waals surface area contributed by atoms with Gasteiger partial charge in [0.1, 0.15) is 0 Å². The molecule has 80 valence electrons. The third-order valence-corrected chi connectivity index (χ3v) is 2.94. The number of hydrogen-bond acceptors (Lipinski definition) is 2. The summed E-state index contributed by atoms with van der Waals surface area (Å²) in [5.74, 6) is 1.36. The van der Waals surface area contributed by atoms with Crippen molar-refractivity contribution in [2.45, 2.75) is 32.2 Å². The predicted octanol–water partition coefficient (Wildman–Crippen LogP) is 2.13. The third kappa shape index (κ3) is 2.78. The van der Waals surface area contributed by atoms with Crippen LogP contribution < -0.4 is 5.73 Å². The molecule has 0 saturated heterocycles. The Hall–Kier alpha value is -1.38. The number of amidine groups is 1. The molecule has 1 aromatic heterocycles. The molecule has 0 aromatic carbocycles. The number of pyridine rings is 1. The topological polar surface area (TPSA) is 51.3 Å². The fourth-order valence-electron chi connectivity index (χ4n) is 2.02. The average molecular weight is 203 g/mol. The maximum Gasteiger partial charge on any atom is 0.0972 e. The zero-order valence-electron chi connectivity index (χ0n) is 8.89. The van der Waals surface area contributed by atoms with Crippen LogP contribution in [0.2, 0.25) is 0 Å². The van der Waals surface area contributed by atoms with Gasteiger partial charge in [0.25, 0.3) is 0 Å². The first-order valence-electron chi connectivity index (χ1n) is 5.55. The SMILES string of the molecule is NC(=NCc1cccnc1)C1CCCC1. The van der Waals surface area contributed by atoms with Crippen LogP contribution in [0.4, 0.5) is 0 Å². The Morgan fingerprint density at radius 1 is 1.47 bits per heavy atom. The van der Waals surface area contributed by atoms with Gasteiger partial charge in [-0.25, -0.2) is 0 Å². The van der Waals surface area contributed by atoms with Crippen LogP contribution in [-0.4, -0.2) is 10.8 Å². The quantitative estimate of drug-likeness (QED) is 0.604. The van der Waals surface area contributed by atoms with Crippen molar-refractivity contribution in [3.05, 3.63) is 30.1 Å². The first-order chi connectivity index (χ1) is 7.36. The van der Waals surface area contributed by atoms with Crippen molar-refractivity contribution in [2.75, 3.05) is 0 Å². The molecule has 0 bridgehead atoms. The van der Waals surface area contributed by atoms with Crippen LogP contribution in [0.15, 0.2) is 29.5 Å². The second kappa shape index (κ2) is 4.91. The van der Waals surface area contributed by atoms with Crippen molar-refractivity contribution in [3.63, 3.8) is 0 Å². The molecule has 1 fully saturated rings. The third-order valence-electron chi connectivity index (χ3n) is 2.94. The normalized spacial score (nSPS) is 18.3. The van der Waals surface area contributed by atoms with Crippen LogP contribution in [-0.2, 0) is 6.54 Å². The molecule has 15 heavy (non-hydrogen) atoms. The van der Waals surface area contributed by atoms with Crippen molar-refractivity contribution in [3.8, 4) is 0 Å². The van der Waals surface area contributed by atoms with Gasteiger partial charge in [-0.2, -0.15) is 0 Å². The van der Waals surface area contributed by atoms with E-state index in [0.717, 1.165) is 11.4 Å². The van der Waals surface area contributed by atoms with E-state index in [0.29, 0.717) is 12.5 Å². The maximum absolute atomic E-state index is 5.96. The molecule has 0 aliphatic heterocycles. The van der Waals surface area contributed by atoms with Gasteiger partial charge in [0.15, 0.2) is 0 Å². The van der Waals surface area contributed by atoms with Gasteiger partial charge in [-0.05, 0) is 24.5 Å². The molecule has 2 rings (SSSR count). The average Bonchev–Trinajstić information content (AvgIpc) is 2.81. The first kappa shape index (κ1) is 10.1. The lowest BCUT2D eigenvalue weighted by Crippen LogP contribution is -2.21. The lowest BCUT2D eigenvalue weighted by molar-refractivity contribution is 0.715. The second-order valence-electron chi connectivity index (χ2n) is 4.08. The molecule has 3 nitrogen and oxygen atoms in total. The van der Waals surface area contributed by atoms with E-state index in [9.17, 15) is 0 Å². The van der Waals surface area contributed by atoms with Gasteiger partial charge in [0, 0.05) is 18.3 Å². The molecule has 0 spiro atoms. The minimum atomic E-state index is 0.529. The number of aromatic nitrogens is 1. The number of hydrogen-bond donors (Lipinski definition) is 1. The zero-order chi connectivity index (χ0) is 10.5. The summed E-state index contributed by atoms with van der Waals surface area (Å²) in [5.41, 5.74) is 7.08. The maximum atomic E-state index is 5.96. The van der Waals surface area contributed by atoms with Gasteiger partial charge in [-0.1, -0.05) is 18.9 Å². The molecular weight excluding hydrogens is 186 g/mol. The fourth-order valence-corrected chi connectivity index (χ4v) is 2.02. The summed E-state index contributed by atoms with van der Waals surface area (Å²) in [6.07, 6.45) is 8.63. The summed E-state index contributed by atoms with van der Waals surface area (Å²) >= 11 is 0. The van der Waals surface area contributed by atoms with Gasteiger partial charge in [-0.15, -0.1) is 0 Å². The monoisotopic (exact) mass is 203 g/mol. The van der Waals surface area contributed by atoms with Gasteiger partial charge >= 0.3 is 0 Å². The van der Waals surface area contributed by atoms with Crippen LogP contribution in [0.5, 0.6) is 0 Å². The van der Waals surface area contributed by atoms with Crippen molar-refractivity contribution in [2.24, 2.45) is 16.6 Å². The molecule has 1 aliphatic carbocycles. The van der Waals surface area contributed by atoms with E-state index in [1.807, 2.05) is 18.3 Å². The van der Waals surface area contributed by atoms with E-state index < -0.39 is 0 Å². The standard InChI is InChI=1S/C12H17N3/c13-12(11-5-1-2-6-11)15-9-10-4-3-7-14-8-10/h3-4,7-8,11H,1-2,5-6,9H2,(H2,13,15). The summed E-state index contributed by atoms with van der Waals surface area (Å²) in [7, 11) is 0. The van der Waals surface area contributed by atoms with Crippen LogP contribution in [0.25, 0.3) is 0 Å². The van der Waals surface area contributed by atoms with Gasteiger partial charge in [0.05, 0.1) is 12.4 Å². The van der Waals surface area contributed by atoms with Gasteiger partial charge in [-0.3, -0.25) is 9.98 Å². The Morgan fingerprint density at radius 2 is 2.27 bits per heavy atom. The van der Waals surface area contributed by atoms with E-state index in [2.05, 4.69) is 9.98 Å². The van der Waals surface area contributed by atoms with Crippen molar-refractivity contribution in [1.29, 1.82) is 0 Å². The van der Waals surface area contributed by atoms with Crippen LogP contribution in [0.1, 0.15) is 31.2 Å². The minimum Gasteiger partial charge on any atom is -0.387 e. The Morgan fingerprint density at radius 3 is 2.93 bits per heavy atom. The van der Waals surface area contributed by atoms with Crippen LogP contribution >= 0.6 is 0 Å². The Bertz CT molecular complexity index is 326. The smallest absolute Gasteiger partial charge is 0.0972 e. The summed E-state index contributed by atoms with van der Waals surface area (Å²) in [6.45, 7) is 0.663. The molecule has 3 heteroatoms. The predicted molar refractivity (Wildman–Crippen MR) is 61.5 cm³/mol. The highest BCUT2D eigenvalue weighted by Gasteiger charge is 2.17. The number of aliphatic imine (C=N–C) groups is 1. The Balaban J connectivity index is 1.93. The molecule has 0 radical (unpaired) electrons. The summed E-state index contributed by atoms with van der Waals surface area (Å²) < 4.78 is 0. The Kier molecular flexibility index (Phi) is 3.33. The molecule has 1 heterocycles. The van der Waals surface area contributed by atoms with Crippen molar-refractivity contribution >= 4 is 5.84 Å². The van der Waals surface area contributed by atoms with E-state index in [-0.39, 0.29) is 0 Å². The summed E-state index contributed by atoms with van der Waals surface area (Å²) in [5, 5.41) is 0. The zero-order valence-corrected chi connectivity index (χ0v) is 8.89. The number of rotatable bonds is 3. The highest BCUT2D eigenvalue weighted by molar-refractivity contribution is 5.83. The van der Waals surface area contributed by atoms with Gasteiger partial charge < -0.3 is 5.73 Å². The van der Waals surface area contributed by atoms with E-state index in [1.165, 1.54) is 25.7 Å². The highest BCUT2D eigenvalue weighted by atomic mass is 14.9. The molecule has 1 saturated carbocycles. The van der Waals surface area contributed by atoms with E-state index in [1.54, 1.807) is 6.20 Å². The van der Waals surface area contributed by atoms with Crippen LogP contribution in [0.3, 0.4) is 0 Å². The van der Waals surface area contributed by atoms with E-state index >= 15 is 0 Å². The minimum absolute atomic E-state index is 0.529. The number of nitrogens with zero attached hydrogens (tertiary/aromatic N) is 2. The lowest BCUT2D eigenvalue weighted by Gasteiger charge is -2.07. The Labute approximate surface area is 90.4 Å². The molecule has 0 unspecified atom stereocenters. The number of nitrogens with two attached hydrogens (primary N) is 1. The van der Waals surface area contributed by atoms with Crippen molar-refractivity contribution < 1.29 is 0 Å². The molecular formula is C12H17N3. The highest BCUT2D eigenvalue weighted by Crippen LogP contribution is 2.24. The summed E-state index contributed by atoms with van der Waals surface area (Å²) in [6, 6.07) is 3.95. The molecule has 0 atom stereocenters. The molecule has 1 aliphatic rings. The lowest BCUT2D eigenvalue weighted by atomic mass is 10.1. The fraction of sp³-hybridized carbons (Fsp3) is 0.500. The largest absolute Gasteiger partial charge is 0.387 e. The first-order valence-corrected chi connectivity index (χ1v) is 5.55. The molecule has 1 aromatic rings. The molecule has 2 N–H and O–H groups in total. The van der Waals surface area contributed by atoms with Gasteiger partial charge in [0.2, 0.25) is 0 Å². The van der Waals surface area contributed by atoms with Crippen molar-refractivity contribution in [1.82, 2.24) is 4.98 Å².